The maximum Gasteiger partial charge on any atom is 0.123 e. The lowest BCUT2D eigenvalue weighted by atomic mass is 10.2. The summed E-state index contributed by atoms with van der Waals surface area (Å²) < 4.78 is 5.78. The molecule has 6 heteroatoms. The van der Waals surface area contributed by atoms with Crippen LogP contribution >= 0.6 is 34.5 Å². The van der Waals surface area contributed by atoms with Gasteiger partial charge in [0, 0.05) is 27.9 Å². The first-order valence-corrected chi connectivity index (χ1v) is 8.26. The molecule has 23 heavy (non-hydrogen) atoms. The van der Waals surface area contributed by atoms with Crippen LogP contribution in [-0.4, -0.2) is 4.98 Å². The van der Waals surface area contributed by atoms with Gasteiger partial charge >= 0.3 is 0 Å². The van der Waals surface area contributed by atoms with E-state index in [2.05, 4.69) is 11.1 Å². The Balaban J connectivity index is 1.76. The van der Waals surface area contributed by atoms with Crippen molar-refractivity contribution in [3.05, 3.63) is 69.1 Å². The molecular formula is C17H10Cl2N2OS. The highest BCUT2D eigenvalue weighted by Gasteiger charge is 2.07. The van der Waals surface area contributed by atoms with Crippen LogP contribution in [0.4, 0.5) is 0 Å². The van der Waals surface area contributed by atoms with Crippen molar-refractivity contribution < 1.29 is 4.74 Å². The van der Waals surface area contributed by atoms with E-state index in [0.29, 0.717) is 27.3 Å². The molecule has 0 unspecified atom stereocenters. The van der Waals surface area contributed by atoms with Gasteiger partial charge in [0.2, 0.25) is 0 Å². The van der Waals surface area contributed by atoms with Crippen molar-refractivity contribution in [1.82, 2.24) is 4.98 Å². The molecule has 3 rings (SSSR count). The van der Waals surface area contributed by atoms with Crippen LogP contribution in [0.3, 0.4) is 0 Å². The maximum absolute atomic E-state index is 8.90. The minimum atomic E-state index is 0.341. The molecular weight excluding hydrogens is 351 g/mol. The van der Waals surface area contributed by atoms with Gasteiger partial charge in [-0.1, -0.05) is 29.3 Å². The van der Waals surface area contributed by atoms with E-state index in [9.17, 15) is 0 Å². The molecule has 0 radical (unpaired) electrons. The van der Waals surface area contributed by atoms with Crippen LogP contribution in [0.1, 0.15) is 10.4 Å². The molecule has 0 amide bonds. The van der Waals surface area contributed by atoms with Gasteiger partial charge in [-0.05, 0) is 30.3 Å². The third-order valence-electron chi connectivity index (χ3n) is 3.11. The van der Waals surface area contributed by atoms with Gasteiger partial charge in [-0.25, -0.2) is 0 Å². The largest absolute Gasteiger partial charge is 0.489 e. The van der Waals surface area contributed by atoms with Crippen molar-refractivity contribution in [2.75, 3.05) is 0 Å². The minimum absolute atomic E-state index is 0.341. The van der Waals surface area contributed by atoms with Crippen LogP contribution < -0.4 is 4.74 Å². The molecule has 2 aromatic heterocycles. The van der Waals surface area contributed by atoms with E-state index in [4.69, 9.17) is 33.2 Å². The fraction of sp³-hybridized carbons (Fsp3) is 0.0588. The second kappa shape index (κ2) is 7.01. The van der Waals surface area contributed by atoms with Crippen LogP contribution in [0.15, 0.2) is 48.7 Å². The van der Waals surface area contributed by atoms with Gasteiger partial charge in [0.1, 0.15) is 23.3 Å². The van der Waals surface area contributed by atoms with E-state index in [0.717, 1.165) is 16.1 Å². The summed E-state index contributed by atoms with van der Waals surface area (Å²) in [5, 5.41) is 10.1. The molecule has 0 saturated heterocycles. The fourth-order valence-corrected chi connectivity index (χ4v) is 3.21. The van der Waals surface area contributed by atoms with Crippen LogP contribution in [-0.2, 0) is 6.61 Å². The van der Waals surface area contributed by atoms with Gasteiger partial charge in [0.05, 0.1) is 10.6 Å². The van der Waals surface area contributed by atoms with Crippen molar-refractivity contribution in [1.29, 1.82) is 5.26 Å². The Morgan fingerprint density at radius 3 is 2.74 bits per heavy atom. The van der Waals surface area contributed by atoms with E-state index >= 15 is 0 Å². The number of benzene rings is 1. The SMILES string of the molecule is N#Cc1ccc(-c2cc(OCc3ccc(Cl)cc3Cl)ccn2)s1. The van der Waals surface area contributed by atoms with Gasteiger partial charge < -0.3 is 4.74 Å². The van der Waals surface area contributed by atoms with Crippen molar-refractivity contribution in [2.24, 2.45) is 0 Å². The summed E-state index contributed by atoms with van der Waals surface area (Å²) >= 11 is 13.4. The van der Waals surface area contributed by atoms with E-state index in [-0.39, 0.29) is 0 Å². The van der Waals surface area contributed by atoms with Crippen molar-refractivity contribution in [3.8, 4) is 22.4 Å². The van der Waals surface area contributed by atoms with Gasteiger partial charge in [-0.3, -0.25) is 4.98 Å². The number of rotatable bonds is 4. The molecule has 0 atom stereocenters. The number of halogens is 2. The average molecular weight is 361 g/mol. The van der Waals surface area contributed by atoms with Gasteiger partial charge in [-0.2, -0.15) is 5.26 Å². The Morgan fingerprint density at radius 1 is 1.13 bits per heavy atom. The number of nitrogens with zero attached hydrogens (tertiary/aromatic N) is 2. The molecule has 0 N–H and O–H groups in total. The molecule has 0 aliphatic heterocycles. The van der Waals surface area contributed by atoms with E-state index in [1.54, 1.807) is 30.5 Å². The smallest absolute Gasteiger partial charge is 0.123 e. The van der Waals surface area contributed by atoms with E-state index in [1.165, 1.54) is 11.3 Å². The highest BCUT2D eigenvalue weighted by atomic mass is 35.5. The molecule has 114 valence electrons. The topological polar surface area (TPSA) is 45.9 Å². The summed E-state index contributed by atoms with van der Waals surface area (Å²) in [6, 6.07) is 14.7. The van der Waals surface area contributed by atoms with Gasteiger partial charge in [0.15, 0.2) is 0 Å². The molecule has 1 aromatic carbocycles. The maximum atomic E-state index is 8.90. The normalized spacial score (nSPS) is 10.3. The number of thiophene rings is 1. The molecule has 0 spiro atoms. The lowest BCUT2D eigenvalue weighted by molar-refractivity contribution is 0.306. The first kappa shape index (κ1) is 15.8. The predicted octanol–water partition coefficient (Wildman–Crippen LogP) is 5.57. The van der Waals surface area contributed by atoms with Gasteiger partial charge in [-0.15, -0.1) is 11.3 Å². The lowest BCUT2D eigenvalue weighted by Gasteiger charge is -2.09. The zero-order valence-corrected chi connectivity index (χ0v) is 14.1. The van der Waals surface area contributed by atoms with Crippen LogP contribution in [0.5, 0.6) is 5.75 Å². The molecule has 2 heterocycles. The highest BCUT2D eigenvalue weighted by Crippen LogP contribution is 2.29. The Kier molecular flexibility index (Phi) is 4.82. The molecule has 0 saturated carbocycles. The Morgan fingerprint density at radius 2 is 2.00 bits per heavy atom. The number of nitriles is 1. The zero-order valence-electron chi connectivity index (χ0n) is 11.8. The number of ether oxygens (including phenoxy) is 1. The quantitative estimate of drug-likeness (QED) is 0.610. The van der Waals surface area contributed by atoms with Crippen molar-refractivity contribution >= 4 is 34.5 Å². The standard InChI is InChI=1S/C17H10Cl2N2OS/c18-12-2-1-11(15(19)7-12)10-22-13-5-6-21-16(8-13)17-4-3-14(9-20)23-17/h1-8H,10H2. The van der Waals surface area contributed by atoms with E-state index in [1.807, 2.05) is 18.2 Å². The summed E-state index contributed by atoms with van der Waals surface area (Å²) in [5.74, 6) is 0.688. The number of hydrogen-bond acceptors (Lipinski definition) is 4. The van der Waals surface area contributed by atoms with Crippen molar-refractivity contribution in [2.45, 2.75) is 6.61 Å². The van der Waals surface area contributed by atoms with E-state index < -0.39 is 0 Å². The molecule has 0 aliphatic rings. The molecule has 0 fully saturated rings. The third kappa shape index (κ3) is 3.83. The number of aromatic nitrogens is 1. The minimum Gasteiger partial charge on any atom is -0.489 e. The fourth-order valence-electron chi connectivity index (χ4n) is 1.97. The summed E-state index contributed by atoms with van der Waals surface area (Å²) in [6.45, 7) is 0.341. The Hall–Kier alpha value is -2.06. The zero-order chi connectivity index (χ0) is 16.2. The van der Waals surface area contributed by atoms with Crippen molar-refractivity contribution in [3.63, 3.8) is 0 Å². The summed E-state index contributed by atoms with van der Waals surface area (Å²) in [6.07, 6.45) is 1.68. The number of hydrogen-bond donors (Lipinski definition) is 0. The van der Waals surface area contributed by atoms with Crippen LogP contribution in [0, 0.1) is 11.3 Å². The third-order valence-corrected chi connectivity index (χ3v) is 4.71. The second-order valence-corrected chi connectivity index (χ2v) is 6.60. The Bertz CT molecular complexity index is 886. The van der Waals surface area contributed by atoms with Gasteiger partial charge in [0.25, 0.3) is 0 Å². The predicted molar refractivity (Wildman–Crippen MR) is 93.1 cm³/mol. The molecule has 0 aliphatic carbocycles. The lowest BCUT2D eigenvalue weighted by Crippen LogP contribution is -1.96. The van der Waals surface area contributed by atoms with Crippen LogP contribution in [0.25, 0.3) is 10.6 Å². The second-order valence-electron chi connectivity index (χ2n) is 4.68. The first-order valence-electron chi connectivity index (χ1n) is 6.69. The number of pyridine rings is 1. The summed E-state index contributed by atoms with van der Waals surface area (Å²) in [5.41, 5.74) is 1.63. The molecule has 3 aromatic rings. The first-order chi connectivity index (χ1) is 11.2. The van der Waals surface area contributed by atoms with Crippen LogP contribution in [0.2, 0.25) is 10.0 Å². The average Bonchev–Trinajstić information content (AvgIpc) is 3.03. The molecule has 0 bridgehead atoms. The highest BCUT2D eigenvalue weighted by molar-refractivity contribution is 7.15. The summed E-state index contributed by atoms with van der Waals surface area (Å²) in [7, 11) is 0. The Labute approximate surface area is 147 Å². The summed E-state index contributed by atoms with van der Waals surface area (Å²) in [4.78, 5) is 5.90. The molecule has 3 nitrogen and oxygen atoms in total. The monoisotopic (exact) mass is 360 g/mol.